The number of benzene rings is 1. The van der Waals surface area contributed by atoms with E-state index in [2.05, 4.69) is 25.3 Å². The predicted molar refractivity (Wildman–Crippen MR) is 101 cm³/mol. The molecular weight excluding hydrogens is 356 g/mol. The second kappa shape index (κ2) is 6.56. The number of imidazole rings is 1. The molecule has 0 bridgehead atoms. The average Bonchev–Trinajstić information content (AvgIpc) is 3.47. The summed E-state index contributed by atoms with van der Waals surface area (Å²) in [7, 11) is 0. The van der Waals surface area contributed by atoms with Gasteiger partial charge >= 0.3 is 0 Å². The number of hydrogen-bond donors (Lipinski definition) is 1. The van der Waals surface area contributed by atoms with Crippen molar-refractivity contribution in [2.45, 2.75) is 25.8 Å². The molecule has 1 fully saturated rings. The van der Waals surface area contributed by atoms with Crippen molar-refractivity contribution in [2.75, 3.05) is 6.54 Å². The zero-order valence-corrected chi connectivity index (χ0v) is 15.3. The van der Waals surface area contributed by atoms with Gasteiger partial charge in [-0.25, -0.2) is 9.61 Å². The number of nitrogens with zero attached hydrogens (tertiary/aromatic N) is 5. The number of likely N-dealkylation sites (tertiary alicyclic amines) is 1. The van der Waals surface area contributed by atoms with Crippen molar-refractivity contribution in [1.82, 2.24) is 30.2 Å². The number of carbonyl (C=O) groups is 1. The van der Waals surface area contributed by atoms with Gasteiger partial charge in [0.1, 0.15) is 11.4 Å². The molecule has 140 valence electrons. The lowest BCUT2D eigenvalue weighted by Gasteiger charge is -2.23. The van der Waals surface area contributed by atoms with Gasteiger partial charge in [0.2, 0.25) is 0 Å². The summed E-state index contributed by atoms with van der Waals surface area (Å²) in [5.74, 6) is -0.00690. The van der Waals surface area contributed by atoms with Gasteiger partial charge in [-0.2, -0.15) is 0 Å². The van der Waals surface area contributed by atoms with Gasteiger partial charge in [0.25, 0.3) is 5.91 Å². The van der Waals surface area contributed by atoms with Crippen LogP contribution in [0.3, 0.4) is 0 Å². The Morgan fingerprint density at radius 2 is 2.07 bits per heavy atom. The van der Waals surface area contributed by atoms with Crippen LogP contribution in [0, 0.1) is 6.92 Å². The maximum absolute atomic E-state index is 13.1. The van der Waals surface area contributed by atoms with E-state index in [-0.39, 0.29) is 11.9 Å². The third-order valence-corrected chi connectivity index (χ3v) is 5.29. The summed E-state index contributed by atoms with van der Waals surface area (Å²) in [6, 6.07) is 7.50. The molecular formula is C20H18N6O2. The number of aromatic nitrogens is 5. The van der Waals surface area contributed by atoms with Crippen molar-refractivity contribution in [2.24, 2.45) is 0 Å². The van der Waals surface area contributed by atoms with E-state index in [1.54, 1.807) is 18.7 Å². The van der Waals surface area contributed by atoms with Crippen LogP contribution in [0.25, 0.3) is 22.2 Å². The molecule has 8 heteroatoms. The maximum atomic E-state index is 13.1. The average molecular weight is 374 g/mol. The van der Waals surface area contributed by atoms with Crippen LogP contribution in [0.2, 0.25) is 0 Å². The van der Waals surface area contributed by atoms with Gasteiger partial charge in [0.15, 0.2) is 0 Å². The molecule has 0 aliphatic carbocycles. The maximum Gasteiger partial charge on any atom is 0.254 e. The fourth-order valence-corrected chi connectivity index (χ4v) is 3.87. The van der Waals surface area contributed by atoms with E-state index in [9.17, 15) is 4.79 Å². The lowest BCUT2D eigenvalue weighted by Crippen LogP contribution is -2.31. The van der Waals surface area contributed by atoms with Crippen LogP contribution >= 0.6 is 0 Å². The number of aryl methyl sites for hydroxylation is 1. The minimum atomic E-state index is -0.0829. The molecule has 0 saturated carbocycles. The van der Waals surface area contributed by atoms with Crippen molar-refractivity contribution in [3.8, 4) is 11.1 Å². The minimum absolute atomic E-state index is 0.00690. The smallest absolute Gasteiger partial charge is 0.254 e. The molecule has 1 amide bonds. The van der Waals surface area contributed by atoms with Gasteiger partial charge in [-0.1, -0.05) is 22.4 Å². The zero-order chi connectivity index (χ0) is 19.1. The Morgan fingerprint density at radius 3 is 2.86 bits per heavy atom. The molecule has 1 aliphatic rings. The largest absolute Gasteiger partial charge is 0.343 e. The zero-order valence-electron chi connectivity index (χ0n) is 15.3. The highest BCUT2D eigenvalue weighted by Gasteiger charge is 2.34. The lowest BCUT2D eigenvalue weighted by atomic mass is 10.0. The fraction of sp³-hybridized carbons (Fsp3) is 0.250. The molecule has 1 aliphatic heterocycles. The van der Waals surface area contributed by atoms with E-state index in [0.717, 1.165) is 46.4 Å². The van der Waals surface area contributed by atoms with E-state index >= 15 is 0 Å². The van der Waals surface area contributed by atoms with E-state index in [1.807, 2.05) is 36.1 Å². The van der Waals surface area contributed by atoms with Crippen LogP contribution in [0.4, 0.5) is 0 Å². The fourth-order valence-electron chi connectivity index (χ4n) is 3.87. The van der Waals surface area contributed by atoms with E-state index in [4.69, 9.17) is 4.63 Å². The second-order valence-electron chi connectivity index (χ2n) is 6.95. The molecule has 1 atom stereocenters. The predicted octanol–water partition coefficient (Wildman–Crippen LogP) is 3.29. The van der Waals surface area contributed by atoms with Gasteiger partial charge in [-0.15, -0.1) is 0 Å². The summed E-state index contributed by atoms with van der Waals surface area (Å²) in [4.78, 5) is 26.7. The topological polar surface area (TPSA) is 101 Å². The molecule has 3 aromatic heterocycles. The first-order chi connectivity index (χ1) is 13.7. The first kappa shape index (κ1) is 16.6. The minimum Gasteiger partial charge on any atom is -0.343 e. The third-order valence-electron chi connectivity index (χ3n) is 5.29. The number of nitrogens with one attached hydrogen (secondary N) is 1. The highest BCUT2D eigenvalue weighted by molar-refractivity contribution is 5.96. The summed E-state index contributed by atoms with van der Waals surface area (Å²) < 4.78 is 4.83. The van der Waals surface area contributed by atoms with Gasteiger partial charge in [0, 0.05) is 23.9 Å². The lowest BCUT2D eigenvalue weighted by molar-refractivity contribution is 0.0730. The van der Waals surface area contributed by atoms with Crippen LogP contribution in [-0.4, -0.2) is 42.6 Å². The van der Waals surface area contributed by atoms with Gasteiger partial charge < -0.3 is 9.88 Å². The summed E-state index contributed by atoms with van der Waals surface area (Å²) >= 11 is 0. The van der Waals surface area contributed by atoms with Crippen molar-refractivity contribution < 1.29 is 9.42 Å². The number of aromatic amines is 1. The number of hydrogen-bond acceptors (Lipinski definition) is 6. The van der Waals surface area contributed by atoms with E-state index < -0.39 is 0 Å². The van der Waals surface area contributed by atoms with Crippen molar-refractivity contribution >= 4 is 16.9 Å². The highest BCUT2D eigenvalue weighted by atomic mass is 16.6. The molecule has 1 unspecified atom stereocenters. The first-order valence-electron chi connectivity index (χ1n) is 9.20. The molecule has 1 N–H and O–H groups in total. The number of rotatable bonds is 3. The van der Waals surface area contributed by atoms with Crippen LogP contribution < -0.4 is 0 Å². The molecule has 5 rings (SSSR count). The van der Waals surface area contributed by atoms with Crippen molar-refractivity contribution in [1.29, 1.82) is 0 Å². The second-order valence-corrected chi connectivity index (χ2v) is 6.95. The normalized spacial score (nSPS) is 16.8. The molecule has 1 saturated heterocycles. The van der Waals surface area contributed by atoms with Crippen molar-refractivity contribution in [3.63, 3.8) is 0 Å². The van der Waals surface area contributed by atoms with Crippen LogP contribution in [-0.2, 0) is 0 Å². The Kier molecular flexibility index (Phi) is 3.89. The summed E-state index contributed by atoms with van der Waals surface area (Å²) in [5, 5.41) is 7.86. The van der Waals surface area contributed by atoms with Gasteiger partial charge in [-0.05, 0) is 37.5 Å². The molecule has 28 heavy (non-hydrogen) atoms. The summed E-state index contributed by atoms with van der Waals surface area (Å²) in [6.45, 7) is 2.55. The Morgan fingerprint density at radius 1 is 1.21 bits per heavy atom. The molecule has 0 spiro atoms. The monoisotopic (exact) mass is 374 g/mol. The van der Waals surface area contributed by atoms with Crippen molar-refractivity contribution in [3.05, 3.63) is 59.9 Å². The molecule has 4 heterocycles. The standard InChI is InChI=1S/C20H18N6O2/c1-12-18(25-28-24-12)17-3-2-8-26(17)20(27)14-6-4-13(5-7-14)15-9-21-10-16-19(15)23-11-22-16/h4-7,9-11,17H,2-3,8H2,1H3,(H,22,23). The van der Waals surface area contributed by atoms with Gasteiger partial charge in [-0.3, -0.25) is 9.78 Å². The van der Waals surface area contributed by atoms with Crippen LogP contribution in [0.1, 0.15) is 40.6 Å². The number of H-pyrrole nitrogens is 1. The third kappa shape index (κ3) is 2.65. The molecule has 1 aromatic carbocycles. The number of carbonyl (C=O) groups excluding carboxylic acids is 1. The summed E-state index contributed by atoms with van der Waals surface area (Å²) in [5.41, 5.74) is 5.78. The van der Waals surface area contributed by atoms with Gasteiger partial charge in [0.05, 0.1) is 29.6 Å². The number of pyridine rings is 1. The Labute approximate surface area is 160 Å². The van der Waals surface area contributed by atoms with E-state index in [0.29, 0.717) is 12.1 Å². The summed E-state index contributed by atoms with van der Waals surface area (Å²) in [6.07, 6.45) is 7.00. The Bertz CT molecular complexity index is 1150. The quantitative estimate of drug-likeness (QED) is 0.590. The Hall–Kier alpha value is -3.55. The molecule has 0 radical (unpaired) electrons. The highest BCUT2D eigenvalue weighted by Crippen LogP contribution is 2.33. The Balaban J connectivity index is 1.43. The molecule has 8 nitrogen and oxygen atoms in total. The SMILES string of the molecule is Cc1nonc1C1CCCN1C(=O)c1ccc(-c2cncc3[nH]cnc23)cc1. The molecule has 4 aromatic rings. The van der Waals surface area contributed by atoms with Crippen LogP contribution in [0.15, 0.2) is 47.6 Å². The van der Waals surface area contributed by atoms with Crippen LogP contribution in [0.5, 0.6) is 0 Å². The number of fused-ring (bicyclic) bond motifs is 1. The number of amides is 1. The first-order valence-corrected chi connectivity index (χ1v) is 9.20. The van der Waals surface area contributed by atoms with E-state index in [1.165, 1.54) is 0 Å².